The van der Waals surface area contributed by atoms with Crippen molar-refractivity contribution < 1.29 is 19.1 Å². The smallest absolute Gasteiger partial charge is 0.253 e. The minimum Gasteiger partial charge on any atom is -0.494 e. The Morgan fingerprint density at radius 1 is 1.11 bits per heavy atom. The topological polar surface area (TPSA) is 87.7 Å². The highest BCUT2D eigenvalue weighted by atomic mass is 16.5. The predicted octanol–water partition coefficient (Wildman–Crippen LogP) is 1.58. The maximum Gasteiger partial charge on any atom is 0.253 e. The average Bonchev–Trinajstić information content (AvgIpc) is 2.95. The second kappa shape index (κ2) is 8.46. The van der Waals surface area contributed by atoms with E-state index in [2.05, 4.69) is 10.9 Å². The molecule has 2 aromatic carbocycles. The molecule has 0 saturated carbocycles. The van der Waals surface area contributed by atoms with Crippen LogP contribution in [0.5, 0.6) is 5.75 Å². The summed E-state index contributed by atoms with van der Waals surface area (Å²) < 4.78 is 5.36. The fourth-order valence-corrected chi connectivity index (χ4v) is 2.87. The Morgan fingerprint density at radius 3 is 2.48 bits per heavy atom. The van der Waals surface area contributed by atoms with Gasteiger partial charge in [0.05, 0.1) is 25.1 Å². The molecule has 2 aromatic rings. The van der Waals surface area contributed by atoms with Gasteiger partial charge in [0.2, 0.25) is 11.8 Å². The summed E-state index contributed by atoms with van der Waals surface area (Å²) in [5.41, 5.74) is 6.53. The van der Waals surface area contributed by atoms with Crippen LogP contribution in [0.25, 0.3) is 0 Å². The van der Waals surface area contributed by atoms with Gasteiger partial charge >= 0.3 is 0 Å². The number of carbonyl (C=O) groups is 3. The highest BCUT2D eigenvalue weighted by Crippen LogP contribution is 2.25. The number of amides is 3. The van der Waals surface area contributed by atoms with Gasteiger partial charge in [-0.3, -0.25) is 19.8 Å². The molecule has 0 radical (unpaired) electrons. The molecule has 140 valence electrons. The number of nitrogens with one attached hydrogen (secondary N) is 2. The van der Waals surface area contributed by atoms with E-state index in [1.165, 1.54) is 0 Å². The van der Waals surface area contributed by atoms with Crippen molar-refractivity contribution in [2.75, 3.05) is 11.5 Å². The summed E-state index contributed by atoms with van der Waals surface area (Å²) in [5.74, 6) is -0.327. The third-order valence-corrected chi connectivity index (χ3v) is 4.15. The Labute approximate surface area is 157 Å². The summed E-state index contributed by atoms with van der Waals surface area (Å²) in [4.78, 5) is 38.0. The van der Waals surface area contributed by atoms with E-state index in [-0.39, 0.29) is 24.7 Å². The van der Waals surface area contributed by atoms with Gasteiger partial charge < -0.3 is 4.74 Å². The largest absolute Gasteiger partial charge is 0.494 e. The Bertz CT molecular complexity index is 821. The van der Waals surface area contributed by atoms with Gasteiger partial charge in [-0.1, -0.05) is 30.3 Å². The molecule has 3 amide bonds. The summed E-state index contributed by atoms with van der Waals surface area (Å²) in [6, 6.07) is 15.2. The van der Waals surface area contributed by atoms with E-state index in [0.717, 1.165) is 10.5 Å². The number of imide groups is 1. The number of rotatable bonds is 7. The van der Waals surface area contributed by atoms with E-state index in [4.69, 9.17) is 4.74 Å². The Balaban J connectivity index is 1.58. The molecule has 0 unspecified atom stereocenters. The lowest BCUT2D eigenvalue weighted by atomic mass is 10.1. The van der Waals surface area contributed by atoms with Crippen LogP contribution in [-0.2, 0) is 20.8 Å². The van der Waals surface area contributed by atoms with Crippen LogP contribution in [0.2, 0.25) is 0 Å². The first-order valence-electron chi connectivity index (χ1n) is 8.76. The third kappa shape index (κ3) is 4.51. The van der Waals surface area contributed by atoms with Gasteiger partial charge in [0.1, 0.15) is 11.8 Å². The van der Waals surface area contributed by atoms with Crippen molar-refractivity contribution in [3.63, 3.8) is 0 Å². The SMILES string of the molecule is CCOc1ccc(N2C(=O)C[C@H](NNC(=O)Cc3ccccc3)C2=O)cc1. The molecule has 1 aliphatic heterocycles. The maximum atomic E-state index is 12.6. The van der Waals surface area contributed by atoms with Crippen LogP contribution in [-0.4, -0.2) is 30.4 Å². The first-order chi connectivity index (χ1) is 13.1. The van der Waals surface area contributed by atoms with E-state index < -0.39 is 11.9 Å². The lowest BCUT2D eigenvalue weighted by Gasteiger charge is -2.16. The monoisotopic (exact) mass is 367 g/mol. The lowest BCUT2D eigenvalue weighted by Crippen LogP contribution is -2.48. The van der Waals surface area contributed by atoms with Gasteiger partial charge in [-0.05, 0) is 36.8 Å². The Kier molecular flexibility index (Phi) is 5.83. The van der Waals surface area contributed by atoms with Crippen molar-refractivity contribution in [3.05, 3.63) is 60.2 Å². The number of anilines is 1. The summed E-state index contributed by atoms with van der Waals surface area (Å²) in [5, 5.41) is 0. The number of nitrogens with zero attached hydrogens (tertiary/aromatic N) is 1. The van der Waals surface area contributed by atoms with Gasteiger partial charge in [-0.2, -0.15) is 0 Å². The molecule has 1 aliphatic rings. The molecule has 0 bridgehead atoms. The fraction of sp³-hybridized carbons (Fsp3) is 0.250. The zero-order chi connectivity index (χ0) is 19.2. The molecule has 2 N–H and O–H groups in total. The van der Waals surface area contributed by atoms with Crippen LogP contribution in [0.3, 0.4) is 0 Å². The normalized spacial score (nSPS) is 16.5. The molecule has 0 aromatic heterocycles. The number of benzene rings is 2. The van der Waals surface area contributed by atoms with E-state index in [9.17, 15) is 14.4 Å². The second-order valence-corrected chi connectivity index (χ2v) is 6.11. The molecular weight excluding hydrogens is 346 g/mol. The maximum absolute atomic E-state index is 12.6. The van der Waals surface area contributed by atoms with Crippen molar-refractivity contribution in [1.82, 2.24) is 10.9 Å². The van der Waals surface area contributed by atoms with Gasteiger partial charge in [0, 0.05) is 0 Å². The zero-order valence-corrected chi connectivity index (χ0v) is 15.0. The number of hydrogen-bond acceptors (Lipinski definition) is 5. The van der Waals surface area contributed by atoms with E-state index in [1.54, 1.807) is 24.3 Å². The molecule has 1 fully saturated rings. The highest BCUT2D eigenvalue weighted by molar-refractivity contribution is 6.22. The number of ether oxygens (including phenoxy) is 1. The number of hydrazine groups is 1. The van der Waals surface area contributed by atoms with Crippen LogP contribution in [0.4, 0.5) is 5.69 Å². The quantitative estimate of drug-likeness (QED) is 0.573. The number of hydrogen-bond donors (Lipinski definition) is 2. The molecule has 0 aliphatic carbocycles. The summed E-state index contributed by atoms with van der Waals surface area (Å²) >= 11 is 0. The molecule has 1 atom stereocenters. The van der Waals surface area contributed by atoms with Crippen molar-refractivity contribution in [3.8, 4) is 5.75 Å². The molecule has 1 heterocycles. The van der Waals surface area contributed by atoms with Crippen molar-refractivity contribution in [1.29, 1.82) is 0 Å². The predicted molar refractivity (Wildman–Crippen MR) is 99.9 cm³/mol. The van der Waals surface area contributed by atoms with Gasteiger partial charge in [-0.15, -0.1) is 0 Å². The highest BCUT2D eigenvalue weighted by Gasteiger charge is 2.39. The summed E-state index contributed by atoms with van der Waals surface area (Å²) in [6.07, 6.45) is 0.170. The van der Waals surface area contributed by atoms with Crippen LogP contribution >= 0.6 is 0 Å². The second-order valence-electron chi connectivity index (χ2n) is 6.11. The molecule has 0 spiro atoms. The lowest BCUT2D eigenvalue weighted by molar-refractivity contribution is -0.122. The minimum atomic E-state index is -0.788. The minimum absolute atomic E-state index is 0.0162. The average molecular weight is 367 g/mol. The summed E-state index contributed by atoms with van der Waals surface area (Å²) in [7, 11) is 0. The number of carbonyl (C=O) groups excluding carboxylic acids is 3. The first kappa shape index (κ1) is 18.6. The van der Waals surface area contributed by atoms with E-state index >= 15 is 0 Å². The molecule has 1 saturated heterocycles. The van der Waals surface area contributed by atoms with Crippen molar-refractivity contribution >= 4 is 23.4 Å². The molecule has 7 heteroatoms. The van der Waals surface area contributed by atoms with Crippen molar-refractivity contribution in [2.45, 2.75) is 25.8 Å². The zero-order valence-electron chi connectivity index (χ0n) is 15.0. The van der Waals surface area contributed by atoms with Crippen LogP contribution < -0.4 is 20.5 Å². The van der Waals surface area contributed by atoms with Gasteiger partial charge in [0.25, 0.3) is 5.91 Å². The summed E-state index contributed by atoms with van der Waals surface area (Å²) in [6.45, 7) is 2.42. The molecule has 7 nitrogen and oxygen atoms in total. The third-order valence-electron chi connectivity index (χ3n) is 4.15. The Morgan fingerprint density at radius 2 is 1.81 bits per heavy atom. The van der Waals surface area contributed by atoms with Crippen LogP contribution in [0, 0.1) is 0 Å². The van der Waals surface area contributed by atoms with Crippen LogP contribution in [0.15, 0.2) is 54.6 Å². The van der Waals surface area contributed by atoms with Gasteiger partial charge in [-0.25, -0.2) is 10.3 Å². The standard InChI is InChI=1S/C20H21N3O4/c1-2-27-16-10-8-15(9-11-16)23-19(25)13-17(20(23)26)21-22-18(24)12-14-6-4-3-5-7-14/h3-11,17,21H,2,12-13H2,1H3,(H,22,24)/t17-/m0/s1. The van der Waals surface area contributed by atoms with Crippen molar-refractivity contribution in [2.24, 2.45) is 0 Å². The van der Waals surface area contributed by atoms with Gasteiger partial charge in [0.15, 0.2) is 0 Å². The molecular formula is C20H21N3O4. The fourth-order valence-electron chi connectivity index (χ4n) is 2.87. The molecule has 27 heavy (non-hydrogen) atoms. The van der Waals surface area contributed by atoms with E-state index in [0.29, 0.717) is 18.0 Å². The van der Waals surface area contributed by atoms with E-state index in [1.807, 2.05) is 37.3 Å². The van der Waals surface area contributed by atoms with Crippen LogP contribution in [0.1, 0.15) is 18.9 Å². The Hall–Kier alpha value is -3.19. The first-order valence-corrected chi connectivity index (χ1v) is 8.76. The molecule has 3 rings (SSSR count).